The molecule has 0 N–H and O–H groups in total. The maximum Gasteiger partial charge on any atom is 0.210 e. The van der Waals surface area contributed by atoms with Gasteiger partial charge in [-0.05, 0) is 111 Å². The second-order valence-electron chi connectivity index (χ2n) is 14.8. The lowest BCUT2D eigenvalue weighted by Gasteiger charge is -2.15. The van der Waals surface area contributed by atoms with E-state index in [-0.39, 0.29) is 0 Å². The Bertz CT molecular complexity index is 1280. The third kappa shape index (κ3) is 13.8. The van der Waals surface area contributed by atoms with E-state index in [1.807, 2.05) is 0 Å². The van der Waals surface area contributed by atoms with E-state index in [0.717, 1.165) is 56.3 Å². The molecule has 0 bridgehead atoms. The fourth-order valence-corrected chi connectivity index (χ4v) is 7.39. The van der Waals surface area contributed by atoms with Crippen LogP contribution < -0.4 is 0 Å². The summed E-state index contributed by atoms with van der Waals surface area (Å²) in [6.07, 6.45) is 33.4. The van der Waals surface area contributed by atoms with Crippen molar-refractivity contribution < 1.29 is 4.70 Å². The molecule has 1 heterocycles. The predicted molar refractivity (Wildman–Crippen MR) is 212 cm³/mol. The van der Waals surface area contributed by atoms with Gasteiger partial charge in [-0.1, -0.05) is 143 Å². The molecule has 0 saturated heterocycles. The van der Waals surface area contributed by atoms with E-state index >= 15 is 0 Å². The Labute approximate surface area is 297 Å². The molecule has 2 aromatic carbocycles. The molecule has 0 amide bonds. The van der Waals surface area contributed by atoms with Gasteiger partial charge in [0.1, 0.15) is 0 Å². The van der Waals surface area contributed by atoms with Crippen LogP contribution in [0.15, 0.2) is 48.0 Å². The summed E-state index contributed by atoms with van der Waals surface area (Å²) in [5.74, 6) is 0. The highest BCUT2D eigenvalue weighted by Gasteiger charge is 2.29. The average Bonchev–Trinajstić information content (AvgIpc) is 3.43. The Kier molecular flexibility index (Phi) is 19.8. The van der Waals surface area contributed by atoms with E-state index in [2.05, 4.69) is 77.1 Å². The zero-order chi connectivity index (χ0) is 34.4. The molecule has 3 rings (SSSR count). The first-order chi connectivity index (χ1) is 23.5. The monoisotopic (exact) mass is 653 g/mol. The number of hydrogen-bond donors (Lipinski definition) is 0. The van der Waals surface area contributed by atoms with Crippen LogP contribution in [-0.2, 0) is 25.7 Å². The van der Waals surface area contributed by atoms with Crippen LogP contribution in [0.25, 0.3) is 16.9 Å². The van der Waals surface area contributed by atoms with E-state index in [4.69, 9.17) is 0 Å². The first-order valence-electron chi connectivity index (χ1n) is 20.7. The van der Waals surface area contributed by atoms with Gasteiger partial charge >= 0.3 is 0 Å². The normalized spacial score (nSPS) is 13.2. The molecule has 0 aromatic heterocycles. The van der Waals surface area contributed by atoms with Crippen LogP contribution in [0.5, 0.6) is 0 Å². The van der Waals surface area contributed by atoms with Crippen LogP contribution in [-0.4, -0.2) is 4.70 Å². The van der Waals surface area contributed by atoms with Crippen molar-refractivity contribution >= 4 is 11.4 Å². The number of unbranched alkanes of at least 4 members (excludes halogenated alkanes) is 15. The number of nitrogens with zero attached hydrogens (tertiary/aromatic N) is 2. The maximum atomic E-state index is 12.1. The van der Waals surface area contributed by atoms with Gasteiger partial charge in [0, 0.05) is 22.8 Å². The minimum absolute atomic E-state index is 0.966. The summed E-state index contributed by atoms with van der Waals surface area (Å²) >= 11 is 0. The zero-order valence-electron chi connectivity index (χ0n) is 32.1. The van der Waals surface area contributed by atoms with Gasteiger partial charge in [0.05, 0.1) is 0 Å². The van der Waals surface area contributed by atoms with E-state index < -0.39 is 0 Å². The number of benzene rings is 2. The third-order valence-corrected chi connectivity index (χ3v) is 10.3. The molecular weight excluding hydrogens is 581 g/mol. The van der Waals surface area contributed by atoms with Gasteiger partial charge in [-0.2, -0.15) is 0 Å². The SMILES string of the molecule is CCCCCCCc1cc(CCCCCC)cc(C2=CC(CCCC)=C(c3cc(CCCCCC)cc(CCCCCCC)c3)[N+]2=[N-])c1. The predicted octanol–water partition coefficient (Wildman–Crippen LogP) is 14.9. The van der Waals surface area contributed by atoms with Crippen LogP contribution in [0.3, 0.4) is 0 Å². The molecule has 266 valence electrons. The molecular formula is C46H72N2. The molecule has 0 spiro atoms. The van der Waals surface area contributed by atoms with Gasteiger partial charge in [0.15, 0.2) is 0 Å². The van der Waals surface area contributed by atoms with Gasteiger partial charge in [-0.25, -0.2) is 4.70 Å². The summed E-state index contributed by atoms with van der Waals surface area (Å²) < 4.78 is 1.58. The van der Waals surface area contributed by atoms with E-state index in [9.17, 15) is 5.53 Å². The Hall–Kier alpha value is -2.48. The van der Waals surface area contributed by atoms with Crippen LogP contribution in [0.4, 0.5) is 0 Å². The summed E-state index contributed by atoms with van der Waals surface area (Å²) in [5.41, 5.74) is 23.6. The van der Waals surface area contributed by atoms with Gasteiger partial charge < -0.3 is 5.53 Å². The summed E-state index contributed by atoms with van der Waals surface area (Å²) in [6.45, 7) is 11.4. The highest BCUT2D eigenvalue weighted by molar-refractivity contribution is 5.79. The number of rotatable bonds is 27. The van der Waals surface area contributed by atoms with Crippen LogP contribution in [0.1, 0.15) is 203 Å². The highest BCUT2D eigenvalue weighted by Crippen LogP contribution is 2.39. The summed E-state index contributed by atoms with van der Waals surface area (Å²) in [6, 6.07) is 14.5. The van der Waals surface area contributed by atoms with E-state index in [1.54, 1.807) is 4.70 Å². The summed E-state index contributed by atoms with van der Waals surface area (Å²) in [5, 5.41) is 0. The lowest BCUT2D eigenvalue weighted by atomic mass is 9.94. The van der Waals surface area contributed by atoms with Crippen molar-refractivity contribution in [3.63, 3.8) is 0 Å². The molecule has 1 aliphatic heterocycles. The van der Waals surface area contributed by atoms with Crippen LogP contribution in [0.2, 0.25) is 0 Å². The van der Waals surface area contributed by atoms with Crippen LogP contribution >= 0.6 is 0 Å². The van der Waals surface area contributed by atoms with E-state index in [1.165, 1.54) is 155 Å². The molecule has 0 radical (unpaired) electrons. The molecule has 0 unspecified atom stereocenters. The fraction of sp³-hybridized carbons (Fsp3) is 0.652. The van der Waals surface area contributed by atoms with Gasteiger partial charge in [0.2, 0.25) is 11.4 Å². The van der Waals surface area contributed by atoms with Crippen molar-refractivity contribution in [1.82, 2.24) is 0 Å². The molecule has 1 aliphatic rings. The van der Waals surface area contributed by atoms with Crippen molar-refractivity contribution in [2.75, 3.05) is 0 Å². The quantitative estimate of drug-likeness (QED) is 0.0678. The molecule has 48 heavy (non-hydrogen) atoms. The minimum Gasteiger partial charge on any atom is -0.493 e. The standard InChI is InChI=1S/C46H72N2/c1-6-11-16-20-24-28-39-31-38(26-22-18-13-8-3)33-43(34-39)45-37-42(30-15-10-5)46(48(45)47)44-35-40(27-23-19-14-9-4)32-41(36-44)29-25-21-17-12-7-2/h31-37H,6-30H2,1-5H3. The van der Waals surface area contributed by atoms with Crippen molar-refractivity contribution in [3.8, 4) is 0 Å². The van der Waals surface area contributed by atoms with Crippen molar-refractivity contribution in [2.24, 2.45) is 0 Å². The Morgan fingerprint density at radius 1 is 0.396 bits per heavy atom. The summed E-state index contributed by atoms with van der Waals surface area (Å²) in [4.78, 5) is 0. The molecule has 0 aliphatic carbocycles. The van der Waals surface area contributed by atoms with E-state index in [0.29, 0.717) is 0 Å². The number of aryl methyl sites for hydroxylation is 4. The molecule has 2 aromatic rings. The highest BCUT2D eigenvalue weighted by atomic mass is 15.2. The smallest absolute Gasteiger partial charge is 0.210 e. The Morgan fingerprint density at radius 2 is 0.750 bits per heavy atom. The summed E-state index contributed by atoms with van der Waals surface area (Å²) in [7, 11) is 0. The largest absolute Gasteiger partial charge is 0.493 e. The van der Waals surface area contributed by atoms with Gasteiger partial charge in [-0.3, -0.25) is 0 Å². The lowest BCUT2D eigenvalue weighted by molar-refractivity contribution is -0.344. The topological polar surface area (TPSA) is 25.3 Å². The average molecular weight is 653 g/mol. The minimum atomic E-state index is 0.966. The van der Waals surface area contributed by atoms with Crippen LogP contribution in [0, 0.1) is 0 Å². The molecule has 0 atom stereocenters. The first-order valence-corrected chi connectivity index (χ1v) is 20.7. The van der Waals surface area contributed by atoms with Crippen molar-refractivity contribution in [3.05, 3.63) is 87.0 Å². The second kappa shape index (κ2) is 23.8. The fourth-order valence-electron chi connectivity index (χ4n) is 7.39. The number of allylic oxidation sites excluding steroid dienone is 2. The van der Waals surface area contributed by atoms with Gasteiger partial charge in [-0.15, -0.1) is 0 Å². The lowest BCUT2D eigenvalue weighted by Crippen LogP contribution is -2.05. The van der Waals surface area contributed by atoms with Crippen molar-refractivity contribution in [1.29, 1.82) is 0 Å². The Balaban J connectivity index is 1.95. The molecule has 0 saturated carbocycles. The maximum absolute atomic E-state index is 12.1. The van der Waals surface area contributed by atoms with Gasteiger partial charge in [0.25, 0.3) is 0 Å². The zero-order valence-corrected chi connectivity index (χ0v) is 32.1. The number of hydrogen-bond acceptors (Lipinski definition) is 0. The first kappa shape index (κ1) is 40.0. The van der Waals surface area contributed by atoms with Crippen molar-refractivity contribution in [2.45, 2.75) is 195 Å². The third-order valence-electron chi connectivity index (χ3n) is 10.3. The molecule has 2 heteroatoms. The second-order valence-corrected chi connectivity index (χ2v) is 14.8. The Morgan fingerprint density at radius 3 is 1.15 bits per heavy atom. The molecule has 2 nitrogen and oxygen atoms in total. The molecule has 0 fully saturated rings.